The van der Waals surface area contributed by atoms with Crippen molar-refractivity contribution < 1.29 is 4.79 Å². The molecule has 1 unspecified atom stereocenters. The number of nitrogens with one attached hydrogen (secondary N) is 1. The average molecular weight is 308 g/mol. The first-order valence-corrected chi connectivity index (χ1v) is 9.01. The molecular weight excluding hydrogens is 280 g/mol. The minimum Gasteiger partial charge on any atom is -0.384 e. The number of thioether (sulfide) groups is 1. The van der Waals surface area contributed by atoms with Crippen LogP contribution in [0.25, 0.3) is 0 Å². The second-order valence-electron chi connectivity index (χ2n) is 5.52. The summed E-state index contributed by atoms with van der Waals surface area (Å²) in [6.07, 6.45) is 4.16. The van der Waals surface area contributed by atoms with E-state index >= 15 is 0 Å². The van der Waals surface area contributed by atoms with E-state index in [2.05, 4.69) is 38.4 Å². The fourth-order valence-corrected chi connectivity index (χ4v) is 2.70. The molecular formula is C17H28N2OS. The molecule has 0 bridgehead atoms. The number of nitrogens with zero attached hydrogens (tertiary/aromatic N) is 1. The number of rotatable bonds is 8. The lowest BCUT2D eigenvalue weighted by Crippen LogP contribution is -2.35. The van der Waals surface area contributed by atoms with Crippen molar-refractivity contribution in [2.24, 2.45) is 0 Å². The molecule has 0 aliphatic rings. The van der Waals surface area contributed by atoms with Crippen molar-refractivity contribution in [2.75, 3.05) is 30.9 Å². The van der Waals surface area contributed by atoms with E-state index in [1.165, 1.54) is 5.56 Å². The smallest absolute Gasteiger partial charge is 0.255 e. The maximum atomic E-state index is 12.7. The minimum atomic E-state index is 0.0993. The fourth-order valence-electron chi connectivity index (χ4n) is 2.12. The Kier molecular flexibility index (Phi) is 7.65. The van der Waals surface area contributed by atoms with Crippen LogP contribution in [0.15, 0.2) is 18.2 Å². The van der Waals surface area contributed by atoms with Gasteiger partial charge in [-0.3, -0.25) is 4.79 Å². The molecule has 0 fully saturated rings. The highest BCUT2D eigenvalue weighted by Gasteiger charge is 2.19. The van der Waals surface area contributed by atoms with Crippen molar-refractivity contribution in [3.05, 3.63) is 29.3 Å². The van der Waals surface area contributed by atoms with E-state index in [0.717, 1.165) is 36.4 Å². The van der Waals surface area contributed by atoms with Gasteiger partial charge in [-0.15, -0.1) is 0 Å². The van der Waals surface area contributed by atoms with Gasteiger partial charge in [0, 0.05) is 25.3 Å². The number of hydrogen-bond donors (Lipinski definition) is 1. The minimum absolute atomic E-state index is 0.0993. The van der Waals surface area contributed by atoms with Gasteiger partial charge < -0.3 is 10.2 Å². The molecule has 0 aromatic heterocycles. The lowest BCUT2D eigenvalue weighted by atomic mass is 10.1. The summed E-state index contributed by atoms with van der Waals surface area (Å²) in [5, 5.41) is 3.37. The molecule has 0 spiro atoms. The van der Waals surface area contributed by atoms with Crippen LogP contribution in [-0.4, -0.2) is 42.4 Å². The number of aryl methyl sites for hydroxylation is 1. The van der Waals surface area contributed by atoms with Gasteiger partial charge in [-0.05, 0) is 56.4 Å². The van der Waals surface area contributed by atoms with Gasteiger partial charge in [0.15, 0.2) is 0 Å². The topological polar surface area (TPSA) is 32.3 Å². The summed E-state index contributed by atoms with van der Waals surface area (Å²) in [7, 11) is 1.90. The monoisotopic (exact) mass is 308 g/mol. The van der Waals surface area contributed by atoms with Crippen LogP contribution < -0.4 is 5.32 Å². The molecule has 3 nitrogen and oxygen atoms in total. The van der Waals surface area contributed by atoms with Gasteiger partial charge in [-0.2, -0.15) is 11.8 Å². The third kappa shape index (κ3) is 5.27. The van der Waals surface area contributed by atoms with Gasteiger partial charge in [-0.25, -0.2) is 0 Å². The molecule has 1 rings (SSSR count). The third-order valence-corrected chi connectivity index (χ3v) is 4.34. The summed E-state index contributed by atoms with van der Waals surface area (Å²) in [6, 6.07) is 6.26. The molecule has 118 valence electrons. The largest absolute Gasteiger partial charge is 0.384 e. The Bertz CT molecular complexity index is 462. The van der Waals surface area contributed by atoms with Crippen LogP contribution in [0.4, 0.5) is 5.69 Å². The third-order valence-electron chi connectivity index (χ3n) is 3.69. The molecule has 1 atom stereocenters. The molecule has 0 radical (unpaired) electrons. The van der Waals surface area contributed by atoms with E-state index in [9.17, 15) is 4.79 Å². The van der Waals surface area contributed by atoms with E-state index in [4.69, 9.17) is 0 Å². The maximum Gasteiger partial charge on any atom is 0.255 e. The van der Waals surface area contributed by atoms with Crippen LogP contribution in [0.2, 0.25) is 0 Å². The van der Waals surface area contributed by atoms with E-state index in [1.54, 1.807) is 0 Å². The zero-order valence-electron chi connectivity index (χ0n) is 13.9. The Hall–Kier alpha value is -1.16. The molecule has 1 aromatic carbocycles. The summed E-state index contributed by atoms with van der Waals surface area (Å²) in [5.41, 5.74) is 2.89. The number of carbonyl (C=O) groups excluding carboxylic acids is 1. The van der Waals surface area contributed by atoms with Gasteiger partial charge >= 0.3 is 0 Å². The first kappa shape index (κ1) is 17.9. The molecule has 0 saturated carbocycles. The highest BCUT2D eigenvalue weighted by Crippen LogP contribution is 2.21. The molecule has 1 N–H and O–H groups in total. The SMILES string of the molecule is CCCNc1cc(C)ccc1C(=O)N(C)C(C)CCSC. The summed E-state index contributed by atoms with van der Waals surface area (Å²) in [5.74, 6) is 1.18. The van der Waals surface area contributed by atoms with Crippen LogP contribution in [0.3, 0.4) is 0 Å². The summed E-state index contributed by atoms with van der Waals surface area (Å²) >= 11 is 1.82. The first-order valence-electron chi connectivity index (χ1n) is 7.61. The molecule has 21 heavy (non-hydrogen) atoms. The molecule has 1 amide bonds. The van der Waals surface area contributed by atoms with Crippen molar-refractivity contribution in [1.82, 2.24) is 4.90 Å². The first-order chi connectivity index (χ1) is 10.0. The second-order valence-corrected chi connectivity index (χ2v) is 6.51. The number of amides is 1. The fraction of sp³-hybridized carbons (Fsp3) is 0.588. The van der Waals surface area contributed by atoms with Crippen LogP contribution in [-0.2, 0) is 0 Å². The predicted octanol–water partition coefficient (Wildman–Crippen LogP) is 4.03. The van der Waals surface area contributed by atoms with E-state index in [-0.39, 0.29) is 11.9 Å². The number of hydrogen-bond acceptors (Lipinski definition) is 3. The summed E-state index contributed by atoms with van der Waals surface area (Å²) in [6.45, 7) is 7.17. The summed E-state index contributed by atoms with van der Waals surface area (Å²) < 4.78 is 0. The van der Waals surface area contributed by atoms with Crippen molar-refractivity contribution in [1.29, 1.82) is 0 Å². The molecule has 0 heterocycles. The van der Waals surface area contributed by atoms with E-state index < -0.39 is 0 Å². The Balaban J connectivity index is 2.89. The lowest BCUT2D eigenvalue weighted by Gasteiger charge is -2.26. The quantitative estimate of drug-likeness (QED) is 0.787. The second kappa shape index (κ2) is 8.98. The van der Waals surface area contributed by atoms with Gasteiger partial charge in [0.25, 0.3) is 5.91 Å². The normalized spacial score (nSPS) is 12.0. The van der Waals surface area contributed by atoms with E-state index in [0.29, 0.717) is 0 Å². The van der Waals surface area contributed by atoms with Crippen LogP contribution in [0.5, 0.6) is 0 Å². The molecule has 0 aliphatic carbocycles. The standard InChI is InChI=1S/C17H28N2OS/c1-6-10-18-16-12-13(2)7-8-15(16)17(20)19(4)14(3)9-11-21-5/h7-8,12,14,18H,6,9-11H2,1-5H3. The molecule has 1 aromatic rings. The molecule has 0 saturated heterocycles. The zero-order chi connectivity index (χ0) is 15.8. The molecule has 4 heteroatoms. The van der Waals surface area contributed by atoms with Gasteiger partial charge in [-0.1, -0.05) is 13.0 Å². The van der Waals surface area contributed by atoms with Crippen molar-refractivity contribution >= 4 is 23.4 Å². The Morgan fingerprint density at radius 1 is 1.43 bits per heavy atom. The van der Waals surface area contributed by atoms with Crippen LogP contribution in [0, 0.1) is 6.92 Å². The maximum absolute atomic E-state index is 12.7. The highest BCUT2D eigenvalue weighted by atomic mass is 32.2. The number of anilines is 1. The lowest BCUT2D eigenvalue weighted by molar-refractivity contribution is 0.0742. The Morgan fingerprint density at radius 3 is 2.76 bits per heavy atom. The van der Waals surface area contributed by atoms with Crippen molar-refractivity contribution in [2.45, 2.75) is 39.7 Å². The number of carbonyl (C=O) groups is 1. The van der Waals surface area contributed by atoms with Crippen LogP contribution in [0.1, 0.15) is 42.6 Å². The Morgan fingerprint density at radius 2 is 2.14 bits per heavy atom. The van der Waals surface area contributed by atoms with Crippen molar-refractivity contribution in [3.63, 3.8) is 0 Å². The van der Waals surface area contributed by atoms with Gasteiger partial charge in [0.1, 0.15) is 0 Å². The van der Waals surface area contributed by atoms with Gasteiger partial charge in [0.05, 0.1) is 5.56 Å². The van der Waals surface area contributed by atoms with Crippen LogP contribution >= 0.6 is 11.8 Å². The average Bonchev–Trinajstić information content (AvgIpc) is 2.49. The van der Waals surface area contributed by atoms with Crippen molar-refractivity contribution in [3.8, 4) is 0 Å². The van der Waals surface area contributed by atoms with Gasteiger partial charge in [0.2, 0.25) is 0 Å². The predicted molar refractivity (Wildman–Crippen MR) is 94.5 cm³/mol. The Labute approximate surface area is 133 Å². The summed E-state index contributed by atoms with van der Waals surface area (Å²) in [4.78, 5) is 14.6. The zero-order valence-corrected chi connectivity index (χ0v) is 14.7. The highest BCUT2D eigenvalue weighted by molar-refractivity contribution is 7.98. The number of benzene rings is 1. The molecule has 0 aliphatic heterocycles. The van der Waals surface area contributed by atoms with E-state index in [1.807, 2.05) is 35.8 Å².